The summed E-state index contributed by atoms with van der Waals surface area (Å²) >= 11 is 6.23. The lowest BCUT2D eigenvalue weighted by Gasteiger charge is -2.36. The van der Waals surface area contributed by atoms with Gasteiger partial charge in [-0.1, -0.05) is 11.6 Å². The number of rotatable bonds is 5. The number of ether oxygens (including phenoxy) is 1. The molecule has 1 aliphatic heterocycles. The van der Waals surface area contributed by atoms with E-state index in [0.717, 1.165) is 5.69 Å². The van der Waals surface area contributed by atoms with Gasteiger partial charge in [0, 0.05) is 57.0 Å². The quantitative estimate of drug-likeness (QED) is 0.574. The first-order valence-electron chi connectivity index (χ1n) is 9.24. The molecule has 0 spiro atoms. The van der Waals surface area contributed by atoms with Crippen molar-refractivity contribution >= 4 is 40.5 Å². The van der Waals surface area contributed by atoms with Gasteiger partial charge in [0.1, 0.15) is 5.75 Å². The molecule has 2 aromatic carbocycles. The first-order valence-corrected chi connectivity index (χ1v) is 9.61. The number of non-ortho nitro benzene ring substituents is 1. The Morgan fingerprint density at radius 3 is 2.30 bits per heavy atom. The second-order valence-corrected chi connectivity index (χ2v) is 7.17. The predicted molar refractivity (Wildman–Crippen MR) is 114 cm³/mol. The first-order chi connectivity index (χ1) is 14.3. The molecule has 1 heterocycles. The van der Waals surface area contributed by atoms with E-state index < -0.39 is 4.92 Å². The smallest absolute Gasteiger partial charge is 0.269 e. The summed E-state index contributed by atoms with van der Waals surface area (Å²) in [6, 6.07) is 9.38. The van der Waals surface area contributed by atoms with Crippen LogP contribution in [0, 0.1) is 10.1 Å². The van der Waals surface area contributed by atoms with Gasteiger partial charge in [-0.15, -0.1) is 0 Å². The normalized spacial score (nSPS) is 13.7. The van der Waals surface area contributed by atoms with Gasteiger partial charge in [0.05, 0.1) is 28.3 Å². The minimum atomic E-state index is -0.434. The molecule has 30 heavy (non-hydrogen) atoms. The van der Waals surface area contributed by atoms with Crippen LogP contribution in [0.2, 0.25) is 5.02 Å². The number of anilines is 2. The molecule has 1 N–H and O–H groups in total. The fraction of sp³-hybridized carbons (Fsp3) is 0.300. The summed E-state index contributed by atoms with van der Waals surface area (Å²) in [6.07, 6.45) is 0. The number of halogens is 1. The van der Waals surface area contributed by atoms with Crippen LogP contribution in [0.25, 0.3) is 0 Å². The zero-order valence-corrected chi connectivity index (χ0v) is 17.3. The Labute approximate surface area is 178 Å². The fourth-order valence-corrected chi connectivity index (χ4v) is 3.51. The molecule has 1 fully saturated rings. The van der Waals surface area contributed by atoms with E-state index in [-0.39, 0.29) is 22.5 Å². The van der Waals surface area contributed by atoms with Gasteiger partial charge in [0.15, 0.2) is 0 Å². The van der Waals surface area contributed by atoms with Gasteiger partial charge in [-0.05, 0) is 18.2 Å². The Kier molecular flexibility index (Phi) is 6.41. The van der Waals surface area contributed by atoms with E-state index in [1.807, 2.05) is 0 Å². The highest BCUT2D eigenvalue weighted by Crippen LogP contribution is 2.32. The van der Waals surface area contributed by atoms with Crippen LogP contribution in [0.4, 0.5) is 17.1 Å². The third kappa shape index (κ3) is 4.62. The van der Waals surface area contributed by atoms with E-state index in [1.165, 1.54) is 38.3 Å². The fourth-order valence-electron chi connectivity index (χ4n) is 3.30. The van der Waals surface area contributed by atoms with Gasteiger partial charge < -0.3 is 19.9 Å². The summed E-state index contributed by atoms with van der Waals surface area (Å²) < 4.78 is 5.33. The molecular formula is C20H21ClN4O5. The van der Waals surface area contributed by atoms with E-state index in [9.17, 15) is 19.7 Å². The van der Waals surface area contributed by atoms with Crippen molar-refractivity contribution in [1.82, 2.24) is 4.90 Å². The topological polar surface area (TPSA) is 105 Å². The van der Waals surface area contributed by atoms with Crippen molar-refractivity contribution in [3.63, 3.8) is 0 Å². The molecule has 0 aromatic heterocycles. The van der Waals surface area contributed by atoms with Crippen molar-refractivity contribution in [3.05, 3.63) is 57.1 Å². The zero-order chi connectivity index (χ0) is 21.8. The summed E-state index contributed by atoms with van der Waals surface area (Å²) in [5.41, 5.74) is 1.60. The van der Waals surface area contributed by atoms with E-state index >= 15 is 0 Å². The van der Waals surface area contributed by atoms with E-state index in [4.69, 9.17) is 16.3 Å². The molecule has 1 aliphatic rings. The van der Waals surface area contributed by atoms with E-state index in [2.05, 4.69) is 10.2 Å². The average Bonchev–Trinajstić information content (AvgIpc) is 2.74. The van der Waals surface area contributed by atoms with Crippen LogP contribution < -0.4 is 15.0 Å². The standard InChI is InChI=1S/C20H21ClN4O5/c1-13(26)22-18-12-19(30-2)16(11-17(18)21)20(27)24-9-7-23(8-10-24)14-3-5-15(6-4-14)25(28)29/h3-6,11-12H,7-10H2,1-2H3,(H,22,26). The minimum absolute atomic E-state index is 0.0410. The van der Waals surface area contributed by atoms with Crippen molar-refractivity contribution < 1.29 is 19.2 Å². The monoisotopic (exact) mass is 432 g/mol. The molecule has 3 rings (SSSR count). The lowest BCUT2D eigenvalue weighted by atomic mass is 10.1. The Hall–Kier alpha value is -3.33. The van der Waals surface area contributed by atoms with Gasteiger partial charge in [-0.25, -0.2) is 0 Å². The Bertz CT molecular complexity index is 972. The van der Waals surface area contributed by atoms with Crippen LogP contribution in [-0.2, 0) is 4.79 Å². The van der Waals surface area contributed by atoms with Gasteiger partial charge in [0.2, 0.25) is 5.91 Å². The Morgan fingerprint density at radius 1 is 1.13 bits per heavy atom. The molecule has 0 aliphatic carbocycles. The molecule has 2 aromatic rings. The van der Waals surface area contributed by atoms with Crippen LogP contribution in [0.15, 0.2) is 36.4 Å². The summed E-state index contributed by atoms with van der Waals surface area (Å²) in [4.78, 5) is 38.5. The number of hydrogen-bond acceptors (Lipinski definition) is 6. The number of hydrogen-bond donors (Lipinski definition) is 1. The van der Waals surface area contributed by atoms with Gasteiger partial charge in [0.25, 0.3) is 11.6 Å². The maximum absolute atomic E-state index is 13.0. The number of benzene rings is 2. The molecule has 158 valence electrons. The van der Waals surface area contributed by atoms with Gasteiger partial charge in [-0.3, -0.25) is 19.7 Å². The molecular weight excluding hydrogens is 412 g/mol. The lowest BCUT2D eigenvalue weighted by molar-refractivity contribution is -0.384. The largest absolute Gasteiger partial charge is 0.496 e. The number of nitro groups is 1. The van der Waals surface area contributed by atoms with Crippen LogP contribution in [-0.4, -0.2) is 54.9 Å². The summed E-state index contributed by atoms with van der Waals surface area (Å²) in [7, 11) is 1.45. The number of nitro benzene ring substituents is 1. The third-order valence-corrected chi connectivity index (χ3v) is 5.14. The average molecular weight is 433 g/mol. The molecule has 2 amide bonds. The van der Waals surface area contributed by atoms with Crippen molar-refractivity contribution in [2.75, 3.05) is 43.5 Å². The van der Waals surface area contributed by atoms with Crippen molar-refractivity contribution in [2.24, 2.45) is 0 Å². The van der Waals surface area contributed by atoms with Gasteiger partial charge >= 0.3 is 0 Å². The molecule has 9 nitrogen and oxygen atoms in total. The van der Waals surface area contributed by atoms with Crippen LogP contribution in [0.1, 0.15) is 17.3 Å². The summed E-state index contributed by atoms with van der Waals surface area (Å²) in [5, 5.41) is 13.7. The maximum Gasteiger partial charge on any atom is 0.269 e. The van der Waals surface area contributed by atoms with Crippen LogP contribution >= 0.6 is 11.6 Å². The van der Waals surface area contributed by atoms with Crippen molar-refractivity contribution in [3.8, 4) is 5.75 Å². The number of nitrogens with zero attached hydrogens (tertiary/aromatic N) is 3. The summed E-state index contributed by atoms with van der Waals surface area (Å²) in [5.74, 6) is -0.169. The highest BCUT2D eigenvalue weighted by atomic mass is 35.5. The first kappa shape index (κ1) is 21.4. The van der Waals surface area contributed by atoms with Crippen molar-refractivity contribution in [1.29, 1.82) is 0 Å². The number of nitrogens with one attached hydrogen (secondary N) is 1. The van der Waals surface area contributed by atoms with Crippen LogP contribution in [0.5, 0.6) is 5.75 Å². The Balaban J connectivity index is 1.71. The molecule has 0 saturated carbocycles. The number of piperazine rings is 1. The maximum atomic E-state index is 13.0. The third-order valence-electron chi connectivity index (χ3n) is 4.82. The zero-order valence-electron chi connectivity index (χ0n) is 16.6. The molecule has 0 bridgehead atoms. The Morgan fingerprint density at radius 2 is 1.77 bits per heavy atom. The molecule has 0 radical (unpaired) electrons. The van der Waals surface area contributed by atoms with E-state index in [1.54, 1.807) is 17.0 Å². The molecule has 1 saturated heterocycles. The molecule has 0 atom stereocenters. The number of amides is 2. The highest BCUT2D eigenvalue weighted by molar-refractivity contribution is 6.34. The predicted octanol–water partition coefficient (Wildman–Crippen LogP) is 3.18. The molecule has 0 unspecified atom stereocenters. The second-order valence-electron chi connectivity index (χ2n) is 6.77. The number of methoxy groups -OCH3 is 1. The van der Waals surface area contributed by atoms with Crippen LogP contribution in [0.3, 0.4) is 0 Å². The highest BCUT2D eigenvalue weighted by Gasteiger charge is 2.26. The lowest BCUT2D eigenvalue weighted by Crippen LogP contribution is -2.48. The molecule has 10 heteroatoms. The van der Waals surface area contributed by atoms with E-state index in [0.29, 0.717) is 43.2 Å². The van der Waals surface area contributed by atoms with Crippen molar-refractivity contribution in [2.45, 2.75) is 6.92 Å². The van der Waals surface area contributed by atoms with Gasteiger partial charge in [-0.2, -0.15) is 0 Å². The summed E-state index contributed by atoms with van der Waals surface area (Å²) in [6.45, 7) is 3.49. The SMILES string of the molecule is COc1cc(NC(C)=O)c(Cl)cc1C(=O)N1CCN(c2ccc([N+](=O)[O-])cc2)CC1. The second kappa shape index (κ2) is 9.00. The number of carbonyl (C=O) groups excluding carboxylic acids is 2. The minimum Gasteiger partial charge on any atom is -0.496 e. The number of carbonyl (C=O) groups is 2.